The summed E-state index contributed by atoms with van der Waals surface area (Å²) in [6, 6.07) is 26.1. The fourth-order valence-electron chi connectivity index (χ4n) is 2.36. The van der Waals surface area contributed by atoms with E-state index in [1.165, 1.54) is 11.1 Å². The Bertz CT molecular complexity index is 801. The van der Waals surface area contributed by atoms with E-state index < -0.39 is 5.97 Å². The van der Waals surface area contributed by atoms with Gasteiger partial charge >= 0.3 is 5.97 Å². The topological polar surface area (TPSA) is 26.3 Å². The number of ether oxygens (including phenoxy) is 1. The van der Waals surface area contributed by atoms with Gasteiger partial charge in [-0.25, -0.2) is 4.79 Å². The molecule has 112 valence electrons. The van der Waals surface area contributed by atoms with Crippen LogP contribution in [0.15, 0.2) is 91.5 Å². The summed E-state index contributed by atoms with van der Waals surface area (Å²) in [4.78, 5) is 11.2. The average Bonchev–Trinajstić information content (AvgIpc) is 2.63. The van der Waals surface area contributed by atoms with Gasteiger partial charge in [0.15, 0.2) is 0 Å². The molecule has 0 N–H and O–H groups in total. The minimum Gasteiger partial charge on any atom is -0.423 e. The lowest BCUT2D eigenvalue weighted by Gasteiger charge is -2.06. The van der Waals surface area contributed by atoms with E-state index in [9.17, 15) is 4.79 Å². The van der Waals surface area contributed by atoms with Crippen molar-refractivity contribution in [3.05, 3.63) is 91.5 Å². The molecule has 3 aromatic rings. The van der Waals surface area contributed by atoms with Crippen LogP contribution in [0.5, 0.6) is 5.75 Å². The molecule has 3 rings (SSSR count). The summed E-state index contributed by atoms with van der Waals surface area (Å²) in [6.45, 7) is 3.38. The Morgan fingerprint density at radius 1 is 0.696 bits per heavy atom. The van der Waals surface area contributed by atoms with Crippen molar-refractivity contribution >= 4 is 5.97 Å². The monoisotopic (exact) mass is 300 g/mol. The number of hydrogen-bond donors (Lipinski definition) is 0. The van der Waals surface area contributed by atoms with Gasteiger partial charge in [-0.2, -0.15) is 0 Å². The van der Waals surface area contributed by atoms with Crippen molar-refractivity contribution in [3.8, 4) is 28.0 Å². The first-order valence-electron chi connectivity index (χ1n) is 7.36. The molecule has 23 heavy (non-hydrogen) atoms. The first-order chi connectivity index (χ1) is 11.3. The lowest BCUT2D eigenvalue weighted by Crippen LogP contribution is -2.02. The fourth-order valence-corrected chi connectivity index (χ4v) is 2.36. The van der Waals surface area contributed by atoms with Crippen molar-refractivity contribution in [2.45, 2.75) is 0 Å². The van der Waals surface area contributed by atoms with Gasteiger partial charge in [0.2, 0.25) is 0 Å². The third-order valence-corrected chi connectivity index (χ3v) is 3.56. The molecule has 0 aliphatic heterocycles. The summed E-state index contributed by atoms with van der Waals surface area (Å²) in [6.07, 6.45) is 1.15. The van der Waals surface area contributed by atoms with Crippen LogP contribution >= 0.6 is 0 Å². The van der Waals surface area contributed by atoms with Crippen LogP contribution in [0.2, 0.25) is 0 Å². The third-order valence-electron chi connectivity index (χ3n) is 3.56. The van der Waals surface area contributed by atoms with E-state index in [4.69, 9.17) is 4.74 Å². The molecule has 3 aromatic carbocycles. The maximum atomic E-state index is 11.2. The van der Waals surface area contributed by atoms with Crippen LogP contribution in [0.1, 0.15) is 0 Å². The van der Waals surface area contributed by atoms with Crippen LogP contribution in [0.25, 0.3) is 22.3 Å². The highest BCUT2D eigenvalue weighted by molar-refractivity contribution is 5.83. The van der Waals surface area contributed by atoms with Crippen LogP contribution in [0.3, 0.4) is 0 Å². The van der Waals surface area contributed by atoms with Gasteiger partial charge in [-0.15, -0.1) is 0 Å². The molecule has 0 aromatic heterocycles. The molecule has 0 heterocycles. The molecule has 2 heteroatoms. The molecule has 0 bridgehead atoms. The van der Waals surface area contributed by atoms with Gasteiger partial charge in [-0.3, -0.25) is 0 Å². The Hall–Kier alpha value is -3.13. The highest BCUT2D eigenvalue weighted by atomic mass is 16.5. The molecule has 0 aliphatic rings. The summed E-state index contributed by atoms with van der Waals surface area (Å²) in [5.74, 6) is 0.0597. The van der Waals surface area contributed by atoms with Gasteiger partial charge in [0.05, 0.1) is 0 Å². The molecule has 0 saturated carbocycles. The number of benzene rings is 3. The molecular formula is C21H16O2. The maximum Gasteiger partial charge on any atom is 0.335 e. The second-order valence-corrected chi connectivity index (χ2v) is 5.09. The van der Waals surface area contributed by atoms with Crippen LogP contribution < -0.4 is 4.74 Å². The van der Waals surface area contributed by atoms with Gasteiger partial charge in [0.1, 0.15) is 5.75 Å². The van der Waals surface area contributed by atoms with E-state index in [0.29, 0.717) is 5.75 Å². The van der Waals surface area contributed by atoms with Crippen molar-refractivity contribution in [1.29, 1.82) is 0 Å². The second-order valence-electron chi connectivity index (χ2n) is 5.09. The molecule has 0 unspecified atom stereocenters. The zero-order valence-electron chi connectivity index (χ0n) is 12.6. The Morgan fingerprint density at radius 3 is 1.61 bits per heavy atom. The Balaban J connectivity index is 1.79. The predicted molar refractivity (Wildman–Crippen MR) is 93.1 cm³/mol. The van der Waals surface area contributed by atoms with Crippen molar-refractivity contribution in [2.75, 3.05) is 0 Å². The normalized spacial score (nSPS) is 10.1. The van der Waals surface area contributed by atoms with Gasteiger partial charge in [-0.1, -0.05) is 73.3 Å². The van der Waals surface area contributed by atoms with Crippen LogP contribution in [0, 0.1) is 0 Å². The van der Waals surface area contributed by atoms with Gasteiger partial charge in [-0.05, 0) is 34.4 Å². The summed E-state index contributed by atoms with van der Waals surface area (Å²) in [5, 5.41) is 0. The second kappa shape index (κ2) is 6.75. The molecular weight excluding hydrogens is 284 g/mol. The number of hydrogen-bond acceptors (Lipinski definition) is 2. The summed E-state index contributed by atoms with van der Waals surface area (Å²) in [5.41, 5.74) is 4.57. The van der Waals surface area contributed by atoms with Gasteiger partial charge < -0.3 is 4.74 Å². The van der Waals surface area contributed by atoms with E-state index in [0.717, 1.165) is 17.2 Å². The highest BCUT2D eigenvalue weighted by Gasteiger charge is 2.02. The summed E-state index contributed by atoms with van der Waals surface area (Å²) >= 11 is 0. The highest BCUT2D eigenvalue weighted by Crippen LogP contribution is 2.26. The van der Waals surface area contributed by atoms with E-state index >= 15 is 0 Å². The molecule has 0 spiro atoms. The van der Waals surface area contributed by atoms with Crippen LogP contribution in [-0.4, -0.2) is 5.97 Å². The lowest BCUT2D eigenvalue weighted by molar-refractivity contribution is -0.128. The number of carbonyl (C=O) groups excluding carboxylic acids is 1. The Kier molecular flexibility index (Phi) is 4.34. The van der Waals surface area contributed by atoms with E-state index in [-0.39, 0.29) is 0 Å². The molecule has 0 aliphatic carbocycles. The van der Waals surface area contributed by atoms with Gasteiger partial charge in [0, 0.05) is 6.08 Å². The first-order valence-corrected chi connectivity index (χ1v) is 7.36. The average molecular weight is 300 g/mol. The zero-order chi connectivity index (χ0) is 16.1. The van der Waals surface area contributed by atoms with Crippen molar-refractivity contribution in [2.24, 2.45) is 0 Å². The molecule has 0 amide bonds. The molecule has 2 nitrogen and oxygen atoms in total. The lowest BCUT2D eigenvalue weighted by atomic mass is 10.0. The smallest absolute Gasteiger partial charge is 0.335 e. The number of carbonyl (C=O) groups is 1. The van der Waals surface area contributed by atoms with Crippen LogP contribution in [-0.2, 0) is 4.79 Å². The summed E-state index contributed by atoms with van der Waals surface area (Å²) < 4.78 is 5.07. The SMILES string of the molecule is C=CC(=O)Oc1ccc(-c2ccc(-c3ccccc3)cc2)cc1. The zero-order valence-corrected chi connectivity index (χ0v) is 12.6. The summed E-state index contributed by atoms with van der Waals surface area (Å²) in [7, 11) is 0. The van der Waals surface area contributed by atoms with Gasteiger partial charge in [0.25, 0.3) is 0 Å². The quantitative estimate of drug-likeness (QED) is 0.380. The fraction of sp³-hybridized carbons (Fsp3) is 0. The molecule has 0 radical (unpaired) electrons. The Morgan fingerprint density at radius 2 is 1.13 bits per heavy atom. The van der Waals surface area contributed by atoms with E-state index in [2.05, 4.69) is 43.0 Å². The van der Waals surface area contributed by atoms with Crippen molar-refractivity contribution < 1.29 is 9.53 Å². The van der Waals surface area contributed by atoms with Crippen LogP contribution in [0.4, 0.5) is 0 Å². The van der Waals surface area contributed by atoms with Crippen molar-refractivity contribution in [1.82, 2.24) is 0 Å². The van der Waals surface area contributed by atoms with Crippen molar-refractivity contribution in [3.63, 3.8) is 0 Å². The maximum absolute atomic E-state index is 11.2. The van der Waals surface area contributed by atoms with E-state index in [1.807, 2.05) is 30.3 Å². The number of esters is 1. The number of rotatable bonds is 4. The third kappa shape index (κ3) is 3.55. The standard InChI is InChI=1S/C21H16O2/c1-2-21(22)23-20-14-12-19(13-15-20)18-10-8-17(9-11-18)16-6-4-3-5-7-16/h2-15H,1H2. The first kappa shape index (κ1) is 14.8. The molecule has 0 fully saturated rings. The molecule has 0 saturated heterocycles. The Labute approximate surface area is 135 Å². The molecule has 0 atom stereocenters. The minimum absolute atomic E-state index is 0.454. The van der Waals surface area contributed by atoms with E-state index in [1.54, 1.807) is 12.1 Å². The largest absolute Gasteiger partial charge is 0.423 e. The predicted octanol–water partition coefficient (Wildman–Crippen LogP) is 5.11. The minimum atomic E-state index is -0.454.